The van der Waals surface area contributed by atoms with Crippen LogP contribution in [-0.4, -0.2) is 44.7 Å². The van der Waals surface area contributed by atoms with Crippen molar-refractivity contribution in [2.24, 2.45) is 0 Å². The van der Waals surface area contributed by atoms with Crippen LogP contribution in [0.3, 0.4) is 0 Å². The first-order valence-corrected chi connectivity index (χ1v) is 14.3. The van der Waals surface area contributed by atoms with Gasteiger partial charge < -0.3 is 25.2 Å². The number of aromatic amines is 1. The van der Waals surface area contributed by atoms with E-state index in [4.69, 9.17) is 9.47 Å². The van der Waals surface area contributed by atoms with Crippen LogP contribution in [-0.2, 0) is 22.6 Å². The van der Waals surface area contributed by atoms with E-state index in [9.17, 15) is 9.90 Å². The average molecular weight is 560 g/mol. The van der Waals surface area contributed by atoms with Gasteiger partial charge in [-0.05, 0) is 34.7 Å². The molecule has 0 spiro atoms. The second-order valence-corrected chi connectivity index (χ2v) is 10.5. The predicted octanol–water partition coefficient (Wildman–Crippen LogP) is 5.12. The molecular formula is C30H33N5O4S. The Kier molecular flexibility index (Phi) is 9.46. The van der Waals surface area contributed by atoms with Crippen LogP contribution in [0.25, 0.3) is 11.1 Å². The standard InChI is InChI=1S/C30H33N5O4S/c1-2-31-29(37)32-16-24-5-3-4-6-26(24)21-11-13-23(14-12-21)28-38-25(18-40-30-33-19-34-35-30)15-27(39-28)22-9-7-20(17-36)8-10-22/h3-14,19,25,27-28,36H,2,15-18H2,1H3,(H2,31,32,37)(H,33,34,35)/t25-,27+,28+/m1/s1. The van der Waals surface area contributed by atoms with Crippen molar-refractivity contribution in [3.8, 4) is 11.1 Å². The second-order valence-electron chi connectivity index (χ2n) is 9.44. The van der Waals surface area contributed by atoms with Gasteiger partial charge in [0.05, 0.1) is 18.8 Å². The quantitative estimate of drug-likeness (QED) is 0.199. The summed E-state index contributed by atoms with van der Waals surface area (Å²) in [5.74, 6) is 0.699. The molecule has 1 aliphatic rings. The minimum absolute atomic E-state index is 0.00542. The predicted molar refractivity (Wildman–Crippen MR) is 153 cm³/mol. The molecule has 10 heteroatoms. The molecule has 4 N–H and O–H groups in total. The van der Waals surface area contributed by atoms with Gasteiger partial charge >= 0.3 is 6.03 Å². The number of carbonyl (C=O) groups excluding carboxylic acids is 1. The summed E-state index contributed by atoms with van der Waals surface area (Å²) in [6.07, 6.45) is 1.42. The van der Waals surface area contributed by atoms with Gasteiger partial charge in [0.25, 0.3) is 0 Å². The minimum atomic E-state index is -0.541. The van der Waals surface area contributed by atoms with E-state index in [1.807, 2.05) is 61.5 Å². The summed E-state index contributed by atoms with van der Waals surface area (Å²) in [4.78, 5) is 16.1. The van der Waals surface area contributed by atoms with E-state index in [-0.39, 0.29) is 24.8 Å². The van der Waals surface area contributed by atoms with Crippen LogP contribution in [0.4, 0.5) is 4.79 Å². The number of carbonyl (C=O) groups is 1. The van der Waals surface area contributed by atoms with Crippen LogP contribution in [0.15, 0.2) is 84.3 Å². The lowest BCUT2D eigenvalue weighted by Crippen LogP contribution is -2.34. The molecule has 0 aliphatic carbocycles. The lowest BCUT2D eigenvalue weighted by molar-refractivity contribution is -0.245. The molecule has 5 rings (SSSR count). The molecule has 1 saturated heterocycles. The smallest absolute Gasteiger partial charge is 0.315 e. The summed E-state index contributed by atoms with van der Waals surface area (Å²) >= 11 is 1.57. The fourth-order valence-electron chi connectivity index (χ4n) is 4.63. The number of hydrogen-bond donors (Lipinski definition) is 4. The lowest BCUT2D eigenvalue weighted by Gasteiger charge is -2.36. The molecule has 40 heavy (non-hydrogen) atoms. The molecule has 4 aromatic rings. The lowest BCUT2D eigenvalue weighted by atomic mass is 9.98. The number of amides is 2. The molecule has 208 valence electrons. The first kappa shape index (κ1) is 27.9. The van der Waals surface area contributed by atoms with Crippen molar-refractivity contribution < 1.29 is 19.4 Å². The molecular weight excluding hydrogens is 526 g/mol. The molecule has 1 fully saturated rings. The Morgan fingerprint density at radius 2 is 1.80 bits per heavy atom. The fraction of sp³-hybridized carbons (Fsp3) is 0.300. The summed E-state index contributed by atoms with van der Waals surface area (Å²) in [5, 5.41) is 22.7. The molecule has 0 saturated carbocycles. The molecule has 2 heterocycles. The molecule has 0 unspecified atom stereocenters. The van der Waals surface area contributed by atoms with Crippen LogP contribution in [0, 0.1) is 0 Å². The Bertz CT molecular complexity index is 1370. The maximum Gasteiger partial charge on any atom is 0.315 e. The number of nitrogens with one attached hydrogen (secondary N) is 3. The molecule has 1 aromatic heterocycles. The van der Waals surface area contributed by atoms with Gasteiger partial charge in [-0.2, -0.15) is 5.10 Å². The van der Waals surface area contributed by atoms with E-state index < -0.39 is 6.29 Å². The molecule has 3 atom stereocenters. The van der Waals surface area contributed by atoms with E-state index in [1.165, 1.54) is 6.33 Å². The number of H-pyrrole nitrogens is 1. The summed E-state index contributed by atoms with van der Waals surface area (Å²) in [7, 11) is 0. The van der Waals surface area contributed by atoms with Gasteiger partial charge in [-0.25, -0.2) is 9.78 Å². The van der Waals surface area contributed by atoms with Gasteiger partial charge in [-0.15, -0.1) is 0 Å². The molecule has 1 aliphatic heterocycles. The number of aromatic nitrogens is 3. The number of aliphatic hydroxyl groups excluding tert-OH is 1. The van der Waals surface area contributed by atoms with Crippen molar-refractivity contribution in [1.82, 2.24) is 25.8 Å². The summed E-state index contributed by atoms with van der Waals surface area (Å²) in [6.45, 7) is 2.90. The SMILES string of the molecule is CCNC(=O)NCc1ccccc1-c1ccc([C@H]2O[C@@H](CSc3ncn[nH]3)C[C@@H](c3ccc(CO)cc3)O2)cc1. The number of nitrogens with zero attached hydrogens (tertiary/aromatic N) is 2. The number of aliphatic hydroxyl groups is 1. The first-order valence-electron chi connectivity index (χ1n) is 13.3. The third-order valence-electron chi connectivity index (χ3n) is 6.70. The van der Waals surface area contributed by atoms with Crippen LogP contribution in [0.1, 0.15) is 48.0 Å². The van der Waals surface area contributed by atoms with E-state index in [1.54, 1.807) is 11.8 Å². The zero-order chi connectivity index (χ0) is 27.7. The molecule has 3 aromatic carbocycles. The summed E-state index contributed by atoms with van der Waals surface area (Å²) < 4.78 is 12.9. The van der Waals surface area contributed by atoms with Crippen molar-refractivity contribution in [2.75, 3.05) is 12.3 Å². The topological polar surface area (TPSA) is 121 Å². The number of ether oxygens (including phenoxy) is 2. The number of thioether (sulfide) groups is 1. The molecule has 0 radical (unpaired) electrons. The average Bonchev–Trinajstić information content (AvgIpc) is 3.53. The summed E-state index contributed by atoms with van der Waals surface area (Å²) in [5.41, 5.74) is 5.96. The van der Waals surface area contributed by atoms with Crippen molar-refractivity contribution in [3.63, 3.8) is 0 Å². The van der Waals surface area contributed by atoms with E-state index >= 15 is 0 Å². The summed E-state index contributed by atoms with van der Waals surface area (Å²) in [6, 6.07) is 23.9. The van der Waals surface area contributed by atoms with Crippen LogP contribution in [0.5, 0.6) is 0 Å². The van der Waals surface area contributed by atoms with E-state index in [2.05, 4.69) is 44.0 Å². The van der Waals surface area contributed by atoms with E-state index in [0.717, 1.165) is 38.5 Å². The number of urea groups is 1. The fourth-order valence-corrected chi connectivity index (χ4v) is 5.43. The second kappa shape index (κ2) is 13.6. The molecule has 9 nitrogen and oxygen atoms in total. The number of rotatable bonds is 10. The van der Waals surface area contributed by atoms with Gasteiger partial charge in [0, 0.05) is 30.8 Å². The number of benzene rings is 3. The maximum absolute atomic E-state index is 11.9. The highest BCUT2D eigenvalue weighted by Crippen LogP contribution is 2.39. The maximum atomic E-state index is 11.9. The van der Waals surface area contributed by atoms with Crippen LogP contribution in [0.2, 0.25) is 0 Å². The van der Waals surface area contributed by atoms with Gasteiger partial charge in [-0.1, -0.05) is 84.6 Å². The minimum Gasteiger partial charge on any atom is -0.392 e. The Balaban J connectivity index is 1.33. The number of hydrogen-bond acceptors (Lipinski definition) is 7. The zero-order valence-electron chi connectivity index (χ0n) is 22.2. The van der Waals surface area contributed by atoms with E-state index in [0.29, 0.717) is 25.3 Å². The first-order chi connectivity index (χ1) is 19.6. The van der Waals surface area contributed by atoms with Crippen molar-refractivity contribution in [1.29, 1.82) is 0 Å². The Morgan fingerprint density at radius 3 is 2.52 bits per heavy atom. The van der Waals surface area contributed by atoms with Crippen LogP contribution < -0.4 is 10.6 Å². The van der Waals surface area contributed by atoms with Crippen molar-refractivity contribution in [2.45, 2.75) is 50.2 Å². The van der Waals surface area contributed by atoms with Gasteiger partial charge in [-0.3, -0.25) is 5.10 Å². The van der Waals surface area contributed by atoms with Crippen molar-refractivity contribution in [3.05, 3.63) is 101 Å². The van der Waals surface area contributed by atoms with Gasteiger partial charge in [0.1, 0.15) is 6.33 Å². The van der Waals surface area contributed by atoms with Gasteiger partial charge in [0.2, 0.25) is 0 Å². The largest absolute Gasteiger partial charge is 0.392 e. The third-order valence-corrected chi connectivity index (χ3v) is 7.71. The Hall–Kier alpha value is -3.70. The highest BCUT2D eigenvalue weighted by atomic mass is 32.2. The molecule has 0 bridgehead atoms. The Labute approximate surface area is 237 Å². The monoisotopic (exact) mass is 559 g/mol. The normalized spacial score (nSPS) is 18.8. The molecule has 2 amide bonds. The highest BCUT2D eigenvalue weighted by molar-refractivity contribution is 7.99. The third kappa shape index (κ3) is 7.08. The van der Waals surface area contributed by atoms with Crippen LogP contribution >= 0.6 is 11.8 Å². The highest BCUT2D eigenvalue weighted by Gasteiger charge is 2.32. The Morgan fingerprint density at radius 1 is 1.02 bits per heavy atom. The zero-order valence-corrected chi connectivity index (χ0v) is 23.1. The van der Waals surface area contributed by atoms with Crippen molar-refractivity contribution >= 4 is 17.8 Å². The van der Waals surface area contributed by atoms with Gasteiger partial charge in [0.15, 0.2) is 11.4 Å².